The van der Waals surface area contributed by atoms with Gasteiger partial charge in [0.2, 0.25) is 0 Å². The Labute approximate surface area is 88.4 Å². The second-order valence-electron chi connectivity index (χ2n) is 4.29. The highest BCUT2D eigenvalue weighted by atomic mass is 19.1. The van der Waals surface area contributed by atoms with Crippen molar-refractivity contribution in [3.05, 3.63) is 29.6 Å². The SMILES string of the molecule is Oc1cc(F)cc(C2(O)CCCCC2)c1. The standard InChI is InChI=1S/C12H15FO2/c13-10-6-9(7-11(14)8-10)12(15)4-2-1-3-5-12/h6-8,14-15H,1-5H2. The molecule has 0 radical (unpaired) electrons. The van der Waals surface area contributed by atoms with Gasteiger partial charge in [-0.1, -0.05) is 19.3 Å². The second-order valence-corrected chi connectivity index (χ2v) is 4.29. The van der Waals surface area contributed by atoms with Gasteiger partial charge in [0.1, 0.15) is 11.6 Å². The van der Waals surface area contributed by atoms with Crippen molar-refractivity contribution in [2.45, 2.75) is 37.7 Å². The van der Waals surface area contributed by atoms with Crippen LogP contribution in [0.25, 0.3) is 0 Å². The van der Waals surface area contributed by atoms with E-state index in [2.05, 4.69) is 0 Å². The molecule has 1 aromatic carbocycles. The number of hydrogen-bond acceptors (Lipinski definition) is 2. The van der Waals surface area contributed by atoms with E-state index in [-0.39, 0.29) is 5.75 Å². The molecular weight excluding hydrogens is 195 g/mol. The summed E-state index contributed by atoms with van der Waals surface area (Å²) in [6, 6.07) is 3.81. The molecule has 3 heteroatoms. The largest absolute Gasteiger partial charge is 0.508 e. The van der Waals surface area contributed by atoms with E-state index in [1.165, 1.54) is 12.1 Å². The summed E-state index contributed by atoms with van der Waals surface area (Å²) in [5.74, 6) is -0.618. The lowest BCUT2D eigenvalue weighted by molar-refractivity contribution is -0.00107. The lowest BCUT2D eigenvalue weighted by Crippen LogP contribution is -2.28. The quantitative estimate of drug-likeness (QED) is 0.748. The van der Waals surface area contributed by atoms with Gasteiger partial charge in [0.05, 0.1) is 5.60 Å². The maximum atomic E-state index is 13.1. The third kappa shape index (κ3) is 2.12. The number of hydrogen-bond donors (Lipinski definition) is 2. The van der Waals surface area contributed by atoms with Gasteiger partial charge in [-0.15, -0.1) is 0 Å². The van der Waals surface area contributed by atoms with Gasteiger partial charge in [0, 0.05) is 6.07 Å². The summed E-state index contributed by atoms with van der Waals surface area (Å²) in [6.07, 6.45) is 4.32. The number of benzene rings is 1. The van der Waals surface area contributed by atoms with Gasteiger partial charge in [0.15, 0.2) is 0 Å². The molecule has 1 aromatic rings. The van der Waals surface area contributed by atoms with Crippen LogP contribution in [0.4, 0.5) is 4.39 Å². The zero-order chi connectivity index (χ0) is 10.9. The van der Waals surface area contributed by atoms with Crippen molar-refractivity contribution in [3.63, 3.8) is 0 Å². The lowest BCUT2D eigenvalue weighted by Gasteiger charge is -2.32. The Morgan fingerprint density at radius 1 is 1.07 bits per heavy atom. The molecule has 2 nitrogen and oxygen atoms in total. The molecule has 1 saturated carbocycles. The first kappa shape index (κ1) is 10.4. The van der Waals surface area contributed by atoms with E-state index in [9.17, 15) is 14.6 Å². The minimum absolute atomic E-state index is 0.121. The maximum Gasteiger partial charge on any atom is 0.127 e. The average molecular weight is 210 g/mol. The number of phenols is 1. The van der Waals surface area contributed by atoms with Crippen molar-refractivity contribution >= 4 is 0 Å². The lowest BCUT2D eigenvalue weighted by atomic mass is 9.79. The molecule has 0 bridgehead atoms. The molecule has 1 fully saturated rings. The van der Waals surface area contributed by atoms with Crippen molar-refractivity contribution in [1.82, 2.24) is 0 Å². The molecule has 82 valence electrons. The molecule has 0 atom stereocenters. The molecular formula is C12H15FO2. The van der Waals surface area contributed by atoms with Crippen molar-refractivity contribution in [1.29, 1.82) is 0 Å². The minimum atomic E-state index is -0.947. The Morgan fingerprint density at radius 3 is 2.33 bits per heavy atom. The van der Waals surface area contributed by atoms with Crippen molar-refractivity contribution in [2.24, 2.45) is 0 Å². The summed E-state index contributed by atoms with van der Waals surface area (Å²) < 4.78 is 13.1. The minimum Gasteiger partial charge on any atom is -0.508 e. The summed E-state index contributed by atoms with van der Waals surface area (Å²) in [5, 5.41) is 19.6. The third-order valence-corrected chi connectivity index (χ3v) is 3.10. The van der Waals surface area contributed by atoms with Gasteiger partial charge < -0.3 is 10.2 Å². The molecule has 0 amide bonds. The van der Waals surface area contributed by atoms with Gasteiger partial charge in [-0.25, -0.2) is 4.39 Å². The Kier molecular flexibility index (Phi) is 2.65. The van der Waals surface area contributed by atoms with Crippen LogP contribution < -0.4 is 0 Å². The molecule has 1 aliphatic rings. The van der Waals surface area contributed by atoms with Crippen molar-refractivity contribution in [3.8, 4) is 5.75 Å². The third-order valence-electron chi connectivity index (χ3n) is 3.10. The Bertz CT molecular complexity index is 336. The van der Waals surface area contributed by atoms with E-state index >= 15 is 0 Å². The van der Waals surface area contributed by atoms with E-state index in [1.54, 1.807) is 0 Å². The zero-order valence-electron chi connectivity index (χ0n) is 8.54. The topological polar surface area (TPSA) is 40.5 Å². The molecule has 0 saturated heterocycles. The van der Waals surface area contributed by atoms with E-state index in [0.29, 0.717) is 18.4 Å². The van der Waals surface area contributed by atoms with Crippen LogP contribution in [0.15, 0.2) is 18.2 Å². The number of rotatable bonds is 1. The Balaban J connectivity index is 2.34. The zero-order valence-corrected chi connectivity index (χ0v) is 8.54. The van der Waals surface area contributed by atoms with Crippen LogP contribution in [-0.4, -0.2) is 10.2 Å². The molecule has 2 N–H and O–H groups in total. The monoisotopic (exact) mass is 210 g/mol. The number of phenolic OH excluding ortho intramolecular Hbond substituents is 1. The fraction of sp³-hybridized carbons (Fsp3) is 0.500. The van der Waals surface area contributed by atoms with Gasteiger partial charge in [-0.05, 0) is 30.5 Å². The fourth-order valence-corrected chi connectivity index (χ4v) is 2.27. The summed E-state index contributed by atoms with van der Waals surface area (Å²) >= 11 is 0. The molecule has 0 unspecified atom stereocenters. The normalized spacial score (nSPS) is 20.1. The molecule has 0 spiro atoms. The predicted molar refractivity (Wildman–Crippen MR) is 55.0 cm³/mol. The first-order chi connectivity index (χ1) is 7.10. The number of aliphatic hydroxyl groups is 1. The Morgan fingerprint density at radius 2 is 1.73 bits per heavy atom. The molecule has 2 rings (SSSR count). The maximum absolute atomic E-state index is 13.1. The van der Waals surface area contributed by atoms with Gasteiger partial charge in [-0.3, -0.25) is 0 Å². The highest BCUT2D eigenvalue weighted by Gasteiger charge is 2.31. The number of halogens is 1. The first-order valence-electron chi connectivity index (χ1n) is 5.33. The molecule has 0 aromatic heterocycles. The molecule has 0 aliphatic heterocycles. The number of aromatic hydroxyl groups is 1. The highest BCUT2D eigenvalue weighted by Crippen LogP contribution is 2.38. The summed E-state index contributed by atoms with van der Waals surface area (Å²) in [4.78, 5) is 0. The van der Waals surface area contributed by atoms with Gasteiger partial charge >= 0.3 is 0 Å². The molecule has 0 heterocycles. The predicted octanol–water partition coefficient (Wildman–Crippen LogP) is 2.68. The Hall–Kier alpha value is -1.09. The highest BCUT2D eigenvalue weighted by molar-refractivity contribution is 5.32. The van der Waals surface area contributed by atoms with Crippen LogP contribution in [0.2, 0.25) is 0 Å². The second kappa shape index (κ2) is 3.81. The van der Waals surface area contributed by atoms with E-state index < -0.39 is 11.4 Å². The van der Waals surface area contributed by atoms with Crippen LogP contribution in [0, 0.1) is 5.82 Å². The average Bonchev–Trinajstić information content (AvgIpc) is 2.17. The summed E-state index contributed by atoms with van der Waals surface area (Å²) in [5.41, 5.74) is -0.447. The van der Waals surface area contributed by atoms with E-state index in [4.69, 9.17) is 0 Å². The fourth-order valence-electron chi connectivity index (χ4n) is 2.27. The van der Waals surface area contributed by atoms with Crippen LogP contribution in [0.1, 0.15) is 37.7 Å². The molecule has 1 aliphatic carbocycles. The van der Waals surface area contributed by atoms with Crippen LogP contribution in [-0.2, 0) is 5.60 Å². The van der Waals surface area contributed by atoms with Crippen molar-refractivity contribution < 1.29 is 14.6 Å². The van der Waals surface area contributed by atoms with E-state index in [0.717, 1.165) is 25.3 Å². The van der Waals surface area contributed by atoms with Crippen LogP contribution in [0.5, 0.6) is 5.75 Å². The van der Waals surface area contributed by atoms with E-state index in [1.807, 2.05) is 0 Å². The van der Waals surface area contributed by atoms with Crippen LogP contribution >= 0.6 is 0 Å². The van der Waals surface area contributed by atoms with Crippen LogP contribution in [0.3, 0.4) is 0 Å². The van der Waals surface area contributed by atoms with Crippen molar-refractivity contribution in [2.75, 3.05) is 0 Å². The first-order valence-corrected chi connectivity index (χ1v) is 5.33. The van der Waals surface area contributed by atoms with Gasteiger partial charge in [0.25, 0.3) is 0 Å². The molecule has 15 heavy (non-hydrogen) atoms. The summed E-state index contributed by atoms with van der Waals surface area (Å²) in [6.45, 7) is 0. The smallest absolute Gasteiger partial charge is 0.127 e. The summed E-state index contributed by atoms with van der Waals surface area (Å²) in [7, 11) is 0. The van der Waals surface area contributed by atoms with Gasteiger partial charge in [-0.2, -0.15) is 0 Å².